The van der Waals surface area contributed by atoms with E-state index in [1.165, 1.54) is 12.8 Å². The van der Waals surface area contributed by atoms with Crippen molar-refractivity contribution in [3.63, 3.8) is 0 Å². The van der Waals surface area contributed by atoms with Crippen molar-refractivity contribution < 1.29 is 9.90 Å². The number of aliphatic carboxylic acids is 1. The Bertz CT molecular complexity index is 228. The van der Waals surface area contributed by atoms with Gasteiger partial charge in [0.25, 0.3) is 0 Å². The Labute approximate surface area is 98.8 Å². The van der Waals surface area contributed by atoms with Gasteiger partial charge in [0, 0.05) is 19.0 Å². The Morgan fingerprint density at radius 3 is 2.69 bits per heavy atom. The largest absolute Gasteiger partial charge is 0.481 e. The van der Waals surface area contributed by atoms with Crippen molar-refractivity contribution in [1.29, 1.82) is 0 Å². The van der Waals surface area contributed by atoms with Crippen molar-refractivity contribution in [1.82, 2.24) is 4.90 Å². The summed E-state index contributed by atoms with van der Waals surface area (Å²) < 4.78 is 0. The van der Waals surface area contributed by atoms with Crippen LogP contribution in [0.15, 0.2) is 0 Å². The van der Waals surface area contributed by atoms with Crippen LogP contribution in [0.2, 0.25) is 0 Å². The third-order valence-corrected chi connectivity index (χ3v) is 3.74. The molecule has 0 aromatic rings. The molecule has 94 valence electrons. The first kappa shape index (κ1) is 13.5. The molecule has 1 aliphatic rings. The summed E-state index contributed by atoms with van der Waals surface area (Å²) in [5.41, 5.74) is 0. The molecule has 0 saturated carbocycles. The van der Waals surface area contributed by atoms with Gasteiger partial charge in [0.1, 0.15) is 0 Å². The third-order valence-electron chi connectivity index (χ3n) is 3.74. The zero-order valence-electron chi connectivity index (χ0n) is 10.8. The maximum atomic E-state index is 10.5. The summed E-state index contributed by atoms with van der Waals surface area (Å²) in [5, 5.41) is 8.67. The number of hydrogen-bond donors (Lipinski definition) is 1. The van der Waals surface area contributed by atoms with Gasteiger partial charge in [0.05, 0.1) is 0 Å². The summed E-state index contributed by atoms with van der Waals surface area (Å²) >= 11 is 0. The zero-order valence-corrected chi connectivity index (χ0v) is 10.8. The second-order valence-corrected chi connectivity index (χ2v) is 5.30. The van der Waals surface area contributed by atoms with Crippen LogP contribution in [0, 0.1) is 11.8 Å². The predicted octanol–water partition coefficient (Wildman–Crippen LogP) is 2.61. The first-order valence-corrected chi connectivity index (χ1v) is 6.50. The molecule has 1 heterocycles. The molecule has 1 fully saturated rings. The predicted molar refractivity (Wildman–Crippen MR) is 65.5 cm³/mol. The number of hydrogen-bond acceptors (Lipinski definition) is 2. The lowest BCUT2D eigenvalue weighted by molar-refractivity contribution is -0.137. The minimum Gasteiger partial charge on any atom is -0.481 e. The van der Waals surface area contributed by atoms with E-state index in [1.807, 2.05) is 0 Å². The second-order valence-electron chi connectivity index (χ2n) is 5.30. The van der Waals surface area contributed by atoms with Crippen LogP contribution in [-0.2, 0) is 4.79 Å². The highest BCUT2D eigenvalue weighted by Crippen LogP contribution is 2.26. The zero-order chi connectivity index (χ0) is 12.1. The Balaban J connectivity index is 2.36. The van der Waals surface area contributed by atoms with E-state index in [-0.39, 0.29) is 0 Å². The standard InChI is InChI=1S/C13H25NO2/c1-4-12(10(2)3)14-8-7-11(9-14)5-6-13(15)16/h10-12H,4-9H2,1-3H3,(H,15,16). The van der Waals surface area contributed by atoms with Gasteiger partial charge in [0.15, 0.2) is 0 Å². The van der Waals surface area contributed by atoms with Crippen molar-refractivity contribution in [3.8, 4) is 0 Å². The summed E-state index contributed by atoms with van der Waals surface area (Å²) in [6.07, 6.45) is 3.55. The van der Waals surface area contributed by atoms with E-state index in [2.05, 4.69) is 25.7 Å². The number of rotatable bonds is 6. The van der Waals surface area contributed by atoms with E-state index in [4.69, 9.17) is 5.11 Å². The molecule has 2 unspecified atom stereocenters. The molecule has 0 amide bonds. The molecule has 0 radical (unpaired) electrons. The molecule has 1 rings (SSSR count). The van der Waals surface area contributed by atoms with Gasteiger partial charge in [-0.3, -0.25) is 9.69 Å². The van der Waals surface area contributed by atoms with Crippen molar-refractivity contribution >= 4 is 5.97 Å². The fourth-order valence-electron chi connectivity index (χ4n) is 2.88. The normalized spacial score (nSPS) is 23.9. The van der Waals surface area contributed by atoms with Gasteiger partial charge in [-0.25, -0.2) is 0 Å². The van der Waals surface area contributed by atoms with Gasteiger partial charge in [-0.15, -0.1) is 0 Å². The molecule has 0 aromatic heterocycles. The lowest BCUT2D eigenvalue weighted by Crippen LogP contribution is -2.36. The summed E-state index contributed by atoms with van der Waals surface area (Å²) in [5.74, 6) is 0.640. The van der Waals surface area contributed by atoms with E-state index in [9.17, 15) is 4.79 Å². The molecule has 3 heteroatoms. The van der Waals surface area contributed by atoms with Crippen LogP contribution in [0.1, 0.15) is 46.5 Å². The molecule has 0 spiro atoms. The van der Waals surface area contributed by atoms with E-state index < -0.39 is 5.97 Å². The van der Waals surface area contributed by atoms with E-state index in [1.54, 1.807) is 0 Å². The van der Waals surface area contributed by atoms with Gasteiger partial charge >= 0.3 is 5.97 Å². The SMILES string of the molecule is CCC(C(C)C)N1CCC(CCC(=O)O)C1. The first-order valence-electron chi connectivity index (χ1n) is 6.50. The number of likely N-dealkylation sites (tertiary alicyclic amines) is 1. The molecular formula is C13H25NO2. The van der Waals surface area contributed by atoms with Gasteiger partial charge in [0.2, 0.25) is 0 Å². The monoisotopic (exact) mass is 227 g/mol. The van der Waals surface area contributed by atoms with Gasteiger partial charge < -0.3 is 5.11 Å². The highest BCUT2D eigenvalue weighted by molar-refractivity contribution is 5.66. The van der Waals surface area contributed by atoms with Crippen LogP contribution in [0.25, 0.3) is 0 Å². The van der Waals surface area contributed by atoms with Crippen molar-refractivity contribution in [2.24, 2.45) is 11.8 Å². The van der Waals surface area contributed by atoms with E-state index in [0.29, 0.717) is 24.3 Å². The average Bonchev–Trinajstić information content (AvgIpc) is 2.64. The minimum atomic E-state index is -0.658. The third kappa shape index (κ3) is 3.78. The number of nitrogens with zero attached hydrogens (tertiary/aromatic N) is 1. The molecule has 1 aliphatic heterocycles. The van der Waals surface area contributed by atoms with Crippen LogP contribution < -0.4 is 0 Å². The van der Waals surface area contributed by atoms with Crippen LogP contribution >= 0.6 is 0 Å². The summed E-state index contributed by atoms with van der Waals surface area (Å²) in [6.45, 7) is 9.05. The number of carboxylic acid groups (broad SMARTS) is 1. The maximum Gasteiger partial charge on any atom is 0.303 e. The van der Waals surface area contributed by atoms with E-state index >= 15 is 0 Å². The highest BCUT2D eigenvalue weighted by atomic mass is 16.4. The van der Waals surface area contributed by atoms with Crippen LogP contribution in [-0.4, -0.2) is 35.1 Å². The Hall–Kier alpha value is -0.570. The Kier molecular flexibility index (Phi) is 5.26. The van der Waals surface area contributed by atoms with Crippen molar-refractivity contribution in [2.75, 3.05) is 13.1 Å². The lowest BCUT2D eigenvalue weighted by atomic mass is 10.00. The molecule has 1 N–H and O–H groups in total. The quantitative estimate of drug-likeness (QED) is 0.758. The molecule has 1 saturated heterocycles. The van der Waals surface area contributed by atoms with Crippen LogP contribution in [0.5, 0.6) is 0 Å². The second kappa shape index (κ2) is 6.24. The number of carboxylic acids is 1. The van der Waals surface area contributed by atoms with Crippen LogP contribution in [0.4, 0.5) is 0 Å². The van der Waals surface area contributed by atoms with Crippen molar-refractivity contribution in [3.05, 3.63) is 0 Å². The molecule has 16 heavy (non-hydrogen) atoms. The smallest absolute Gasteiger partial charge is 0.303 e. The molecule has 0 bridgehead atoms. The summed E-state index contributed by atoms with van der Waals surface area (Å²) in [6, 6.07) is 0.676. The van der Waals surface area contributed by atoms with Gasteiger partial charge in [-0.05, 0) is 37.6 Å². The molecule has 3 nitrogen and oxygen atoms in total. The minimum absolute atomic E-state index is 0.330. The fourth-order valence-corrected chi connectivity index (χ4v) is 2.88. The fraction of sp³-hybridized carbons (Fsp3) is 0.923. The average molecular weight is 227 g/mol. The van der Waals surface area contributed by atoms with Gasteiger partial charge in [-0.1, -0.05) is 20.8 Å². The first-order chi connectivity index (χ1) is 7.54. The Morgan fingerprint density at radius 2 is 2.19 bits per heavy atom. The Morgan fingerprint density at radius 1 is 1.50 bits per heavy atom. The molecular weight excluding hydrogens is 202 g/mol. The van der Waals surface area contributed by atoms with E-state index in [0.717, 1.165) is 19.5 Å². The summed E-state index contributed by atoms with van der Waals surface area (Å²) in [7, 11) is 0. The highest BCUT2D eigenvalue weighted by Gasteiger charge is 2.28. The molecule has 2 atom stereocenters. The number of carbonyl (C=O) groups is 1. The molecule has 0 aliphatic carbocycles. The maximum absolute atomic E-state index is 10.5. The van der Waals surface area contributed by atoms with Crippen LogP contribution in [0.3, 0.4) is 0 Å². The molecule has 0 aromatic carbocycles. The topological polar surface area (TPSA) is 40.5 Å². The van der Waals surface area contributed by atoms with Gasteiger partial charge in [-0.2, -0.15) is 0 Å². The van der Waals surface area contributed by atoms with Crippen molar-refractivity contribution in [2.45, 2.75) is 52.5 Å². The summed E-state index contributed by atoms with van der Waals surface area (Å²) in [4.78, 5) is 13.1. The lowest BCUT2D eigenvalue weighted by Gasteiger charge is -2.30.